The molecule has 0 saturated carbocycles. The van der Waals surface area contributed by atoms with Crippen LogP contribution in [0.1, 0.15) is 29.2 Å². The van der Waals surface area contributed by atoms with Gasteiger partial charge in [0.05, 0.1) is 6.04 Å². The average Bonchev–Trinajstić information content (AvgIpc) is 2.44. The van der Waals surface area contributed by atoms with Gasteiger partial charge in [0, 0.05) is 21.4 Å². The zero-order valence-electron chi connectivity index (χ0n) is 11.7. The molecule has 0 aromatic heterocycles. The summed E-state index contributed by atoms with van der Waals surface area (Å²) in [6.45, 7) is 4.30. The predicted octanol–water partition coefficient (Wildman–Crippen LogP) is 5.61. The standard InChI is InChI=1S/C17H18ClNS/c1-11-3-5-14(9-12(11)2)19-16-7-8-20-17-6-4-13(18)10-15(16)17/h3-6,9-10,16,19H,7-8H2,1-2H3. The molecule has 0 amide bonds. The molecule has 3 heteroatoms. The second kappa shape index (κ2) is 5.71. The van der Waals surface area contributed by atoms with Crippen LogP contribution in [0.3, 0.4) is 0 Å². The third-order valence-electron chi connectivity index (χ3n) is 3.86. The molecule has 0 bridgehead atoms. The fourth-order valence-corrected chi connectivity index (χ4v) is 3.83. The first-order chi connectivity index (χ1) is 9.63. The molecular formula is C17H18ClNS. The minimum absolute atomic E-state index is 0.354. The van der Waals surface area contributed by atoms with Crippen LogP contribution in [-0.2, 0) is 0 Å². The zero-order chi connectivity index (χ0) is 14.1. The number of hydrogen-bond acceptors (Lipinski definition) is 2. The van der Waals surface area contributed by atoms with Gasteiger partial charge in [0.25, 0.3) is 0 Å². The fourth-order valence-electron chi connectivity index (χ4n) is 2.55. The van der Waals surface area contributed by atoms with Crippen molar-refractivity contribution in [1.29, 1.82) is 0 Å². The van der Waals surface area contributed by atoms with Crippen LogP contribution >= 0.6 is 23.4 Å². The number of thioether (sulfide) groups is 1. The summed E-state index contributed by atoms with van der Waals surface area (Å²) in [5, 5.41) is 4.48. The summed E-state index contributed by atoms with van der Waals surface area (Å²) in [4.78, 5) is 1.35. The third-order valence-corrected chi connectivity index (χ3v) is 5.22. The van der Waals surface area contributed by atoms with Crippen molar-refractivity contribution in [2.24, 2.45) is 0 Å². The maximum absolute atomic E-state index is 6.15. The van der Waals surface area contributed by atoms with Crippen molar-refractivity contribution < 1.29 is 0 Å². The smallest absolute Gasteiger partial charge is 0.0533 e. The Labute approximate surface area is 129 Å². The summed E-state index contributed by atoms with van der Waals surface area (Å²) < 4.78 is 0. The molecule has 0 radical (unpaired) electrons. The lowest BCUT2D eigenvalue weighted by Crippen LogP contribution is -2.16. The van der Waals surface area contributed by atoms with Gasteiger partial charge in [0.2, 0.25) is 0 Å². The number of fused-ring (bicyclic) bond motifs is 1. The molecule has 0 aliphatic carbocycles. The number of halogens is 1. The summed E-state index contributed by atoms with van der Waals surface area (Å²) in [6, 6.07) is 13.1. The molecule has 1 heterocycles. The Bertz CT molecular complexity index is 639. The lowest BCUT2D eigenvalue weighted by atomic mass is 10.0. The Balaban J connectivity index is 1.89. The van der Waals surface area contributed by atoms with E-state index < -0.39 is 0 Å². The van der Waals surface area contributed by atoms with Gasteiger partial charge >= 0.3 is 0 Å². The molecule has 1 nitrogen and oxygen atoms in total. The van der Waals surface area contributed by atoms with Crippen molar-refractivity contribution >= 4 is 29.1 Å². The van der Waals surface area contributed by atoms with E-state index in [2.05, 4.69) is 49.5 Å². The fraction of sp³-hybridized carbons (Fsp3) is 0.294. The van der Waals surface area contributed by atoms with E-state index in [9.17, 15) is 0 Å². The molecule has 1 N–H and O–H groups in total. The SMILES string of the molecule is Cc1ccc(NC2CCSc3ccc(Cl)cc32)cc1C. The molecular weight excluding hydrogens is 286 g/mol. The molecule has 1 aliphatic rings. The quantitative estimate of drug-likeness (QED) is 0.774. The molecule has 0 saturated heterocycles. The topological polar surface area (TPSA) is 12.0 Å². The van der Waals surface area contributed by atoms with Gasteiger partial charge in [-0.25, -0.2) is 0 Å². The molecule has 0 fully saturated rings. The van der Waals surface area contributed by atoms with Gasteiger partial charge in [-0.05, 0) is 67.3 Å². The number of aryl methyl sites for hydroxylation is 2. The van der Waals surface area contributed by atoms with E-state index in [0.717, 1.165) is 17.2 Å². The van der Waals surface area contributed by atoms with Gasteiger partial charge in [0.15, 0.2) is 0 Å². The van der Waals surface area contributed by atoms with Crippen molar-refractivity contribution in [2.75, 3.05) is 11.1 Å². The molecule has 1 unspecified atom stereocenters. The minimum atomic E-state index is 0.354. The lowest BCUT2D eigenvalue weighted by molar-refractivity contribution is 0.728. The van der Waals surface area contributed by atoms with Crippen molar-refractivity contribution in [3.63, 3.8) is 0 Å². The molecule has 1 aliphatic heterocycles. The Hall–Kier alpha value is -1.12. The molecule has 2 aromatic rings. The van der Waals surface area contributed by atoms with E-state index in [0.29, 0.717) is 6.04 Å². The van der Waals surface area contributed by atoms with E-state index in [1.807, 2.05) is 17.8 Å². The molecule has 20 heavy (non-hydrogen) atoms. The summed E-state index contributed by atoms with van der Waals surface area (Å²) in [5.41, 5.74) is 5.17. The van der Waals surface area contributed by atoms with Crippen LogP contribution in [0.15, 0.2) is 41.3 Å². The number of nitrogens with one attached hydrogen (secondary N) is 1. The second-order valence-corrected chi connectivity index (χ2v) is 6.89. The van der Waals surface area contributed by atoms with Crippen LogP contribution < -0.4 is 5.32 Å². The molecule has 3 rings (SSSR count). The Morgan fingerprint density at radius 3 is 2.75 bits per heavy atom. The van der Waals surface area contributed by atoms with Crippen LogP contribution in [-0.4, -0.2) is 5.75 Å². The van der Waals surface area contributed by atoms with Crippen molar-refractivity contribution in [1.82, 2.24) is 0 Å². The van der Waals surface area contributed by atoms with E-state index in [-0.39, 0.29) is 0 Å². The number of benzene rings is 2. The average molecular weight is 304 g/mol. The van der Waals surface area contributed by atoms with Gasteiger partial charge in [0.1, 0.15) is 0 Å². The van der Waals surface area contributed by atoms with Crippen LogP contribution in [0.5, 0.6) is 0 Å². The molecule has 104 valence electrons. The first-order valence-corrected chi connectivity index (χ1v) is 8.26. The molecule has 2 aromatic carbocycles. The number of anilines is 1. The summed E-state index contributed by atoms with van der Waals surface area (Å²) >= 11 is 8.07. The Kier molecular flexibility index (Phi) is 3.95. The normalized spacial score (nSPS) is 17.6. The monoisotopic (exact) mass is 303 g/mol. The van der Waals surface area contributed by atoms with Crippen LogP contribution in [0, 0.1) is 13.8 Å². The van der Waals surface area contributed by atoms with Crippen molar-refractivity contribution in [3.8, 4) is 0 Å². The highest BCUT2D eigenvalue weighted by Crippen LogP contribution is 2.39. The first-order valence-electron chi connectivity index (χ1n) is 6.89. The Morgan fingerprint density at radius 1 is 1.10 bits per heavy atom. The number of hydrogen-bond donors (Lipinski definition) is 1. The number of rotatable bonds is 2. The lowest BCUT2D eigenvalue weighted by Gasteiger charge is -2.27. The molecule has 1 atom stereocenters. The first kappa shape index (κ1) is 13.8. The largest absolute Gasteiger partial charge is 0.378 e. The second-order valence-electron chi connectivity index (χ2n) is 5.32. The van der Waals surface area contributed by atoms with Crippen LogP contribution in [0.2, 0.25) is 5.02 Å². The predicted molar refractivity (Wildman–Crippen MR) is 89.1 cm³/mol. The van der Waals surface area contributed by atoms with E-state index in [4.69, 9.17) is 11.6 Å². The zero-order valence-corrected chi connectivity index (χ0v) is 13.3. The highest BCUT2D eigenvalue weighted by atomic mass is 35.5. The van der Waals surface area contributed by atoms with Gasteiger partial charge < -0.3 is 5.32 Å². The van der Waals surface area contributed by atoms with Crippen LogP contribution in [0.25, 0.3) is 0 Å². The summed E-state index contributed by atoms with van der Waals surface area (Å²) in [6.07, 6.45) is 1.13. The summed E-state index contributed by atoms with van der Waals surface area (Å²) in [5.74, 6) is 1.15. The Morgan fingerprint density at radius 2 is 1.95 bits per heavy atom. The van der Waals surface area contributed by atoms with Gasteiger partial charge in [-0.3, -0.25) is 0 Å². The highest BCUT2D eigenvalue weighted by Gasteiger charge is 2.20. The maximum atomic E-state index is 6.15. The van der Waals surface area contributed by atoms with E-state index in [1.165, 1.54) is 27.3 Å². The van der Waals surface area contributed by atoms with E-state index >= 15 is 0 Å². The maximum Gasteiger partial charge on any atom is 0.0533 e. The van der Waals surface area contributed by atoms with Crippen molar-refractivity contribution in [2.45, 2.75) is 31.2 Å². The van der Waals surface area contributed by atoms with E-state index in [1.54, 1.807) is 0 Å². The van der Waals surface area contributed by atoms with Gasteiger partial charge in [-0.2, -0.15) is 0 Å². The third kappa shape index (κ3) is 2.82. The van der Waals surface area contributed by atoms with Gasteiger partial charge in [-0.15, -0.1) is 11.8 Å². The molecule has 0 spiro atoms. The minimum Gasteiger partial charge on any atom is -0.378 e. The van der Waals surface area contributed by atoms with Crippen molar-refractivity contribution in [3.05, 3.63) is 58.1 Å². The summed E-state index contributed by atoms with van der Waals surface area (Å²) in [7, 11) is 0. The van der Waals surface area contributed by atoms with Crippen LogP contribution in [0.4, 0.5) is 5.69 Å². The van der Waals surface area contributed by atoms with Gasteiger partial charge in [-0.1, -0.05) is 17.7 Å². The highest BCUT2D eigenvalue weighted by molar-refractivity contribution is 7.99.